The van der Waals surface area contributed by atoms with Gasteiger partial charge in [-0.1, -0.05) is 24.3 Å². The van der Waals surface area contributed by atoms with Crippen molar-refractivity contribution >= 4 is 27.5 Å². The van der Waals surface area contributed by atoms with Gasteiger partial charge in [0.15, 0.2) is 11.7 Å². The third-order valence-electron chi connectivity index (χ3n) is 4.23. The van der Waals surface area contributed by atoms with Crippen LogP contribution >= 0.6 is 15.9 Å². The second-order valence-corrected chi connectivity index (χ2v) is 7.18. The Kier molecular flexibility index (Phi) is 5.53. The highest BCUT2D eigenvalue weighted by Crippen LogP contribution is 2.24. The largest absolute Gasteiger partial charge is 0.441 e. The van der Waals surface area contributed by atoms with Crippen LogP contribution in [0.5, 0.6) is 0 Å². The number of aryl methyl sites for hydroxylation is 1. The fourth-order valence-electron chi connectivity index (χ4n) is 2.86. The molecule has 0 fully saturated rings. The van der Waals surface area contributed by atoms with Gasteiger partial charge in [-0.05, 0) is 40.2 Å². The van der Waals surface area contributed by atoms with E-state index in [9.17, 15) is 9.18 Å². The number of nitrogens with zero attached hydrogens (tertiary/aromatic N) is 3. The maximum Gasteiger partial charge on any atom is 0.224 e. The zero-order valence-corrected chi connectivity index (χ0v) is 16.8. The van der Waals surface area contributed by atoms with Crippen molar-refractivity contribution in [2.45, 2.75) is 12.8 Å². The molecular formula is C21H16BrFN4O2. The Hall–Kier alpha value is -3.26. The monoisotopic (exact) mass is 454 g/mol. The topological polar surface area (TPSA) is 73.0 Å². The van der Waals surface area contributed by atoms with Gasteiger partial charge in [0.1, 0.15) is 5.82 Å². The molecule has 0 aliphatic carbocycles. The molecule has 0 saturated heterocycles. The zero-order chi connectivity index (χ0) is 20.2. The lowest BCUT2D eigenvalue weighted by molar-refractivity contribution is -0.116. The Morgan fingerprint density at radius 2 is 1.93 bits per heavy atom. The number of amides is 1. The fraction of sp³-hybridized carbons (Fsp3) is 0.0952. The van der Waals surface area contributed by atoms with Crippen LogP contribution in [0.2, 0.25) is 0 Å². The minimum Gasteiger partial charge on any atom is -0.441 e. The molecule has 2 heterocycles. The molecule has 2 aromatic carbocycles. The molecular weight excluding hydrogens is 439 g/mol. The Labute approximate surface area is 174 Å². The molecule has 0 spiro atoms. The number of carbonyl (C=O) groups is 1. The van der Waals surface area contributed by atoms with Crippen molar-refractivity contribution in [2.75, 3.05) is 5.32 Å². The van der Waals surface area contributed by atoms with E-state index in [4.69, 9.17) is 4.42 Å². The summed E-state index contributed by atoms with van der Waals surface area (Å²) in [6.07, 6.45) is 5.43. The quantitative estimate of drug-likeness (QED) is 0.444. The number of hydrogen-bond donors (Lipinski definition) is 1. The van der Waals surface area contributed by atoms with E-state index < -0.39 is 0 Å². The highest BCUT2D eigenvalue weighted by molar-refractivity contribution is 9.10. The molecule has 4 rings (SSSR count). The van der Waals surface area contributed by atoms with E-state index in [1.807, 2.05) is 30.5 Å². The van der Waals surface area contributed by atoms with Gasteiger partial charge in [-0.2, -0.15) is 5.10 Å². The summed E-state index contributed by atoms with van der Waals surface area (Å²) in [7, 11) is 0. The number of hydrogen-bond acceptors (Lipinski definition) is 4. The number of carbonyl (C=O) groups excluding carboxylic acids is 1. The van der Waals surface area contributed by atoms with E-state index in [1.54, 1.807) is 29.1 Å². The summed E-state index contributed by atoms with van der Waals surface area (Å²) in [5.41, 5.74) is 1.74. The summed E-state index contributed by atoms with van der Waals surface area (Å²) < 4.78 is 22.0. The Balaban J connectivity index is 1.41. The number of aromatic nitrogens is 3. The summed E-state index contributed by atoms with van der Waals surface area (Å²) in [5, 5.41) is 7.14. The molecule has 6 nitrogen and oxygen atoms in total. The normalized spacial score (nSPS) is 10.8. The average molecular weight is 455 g/mol. The molecule has 1 amide bonds. The molecule has 29 heavy (non-hydrogen) atoms. The molecule has 0 saturated carbocycles. The lowest BCUT2D eigenvalue weighted by atomic mass is 10.2. The van der Waals surface area contributed by atoms with Gasteiger partial charge >= 0.3 is 0 Å². The third kappa shape index (κ3) is 4.43. The molecule has 146 valence electrons. The predicted octanol–water partition coefficient (Wildman–Crippen LogP) is 5.00. The number of benzene rings is 2. The summed E-state index contributed by atoms with van der Waals surface area (Å²) in [6.45, 7) is 0. The van der Waals surface area contributed by atoms with Crippen molar-refractivity contribution in [3.8, 4) is 17.0 Å². The Morgan fingerprint density at radius 3 is 2.72 bits per heavy atom. The summed E-state index contributed by atoms with van der Waals surface area (Å²) in [6, 6.07) is 13.7. The third-order valence-corrected chi connectivity index (χ3v) is 4.64. The van der Waals surface area contributed by atoms with E-state index in [0.29, 0.717) is 29.3 Å². The summed E-state index contributed by atoms with van der Waals surface area (Å²) in [5.74, 6) is 0.153. The molecule has 0 aliphatic rings. The van der Waals surface area contributed by atoms with E-state index in [2.05, 4.69) is 31.3 Å². The van der Waals surface area contributed by atoms with Crippen LogP contribution in [0, 0.1) is 5.82 Å². The molecule has 0 bridgehead atoms. The van der Waals surface area contributed by atoms with Crippen molar-refractivity contribution in [3.63, 3.8) is 0 Å². The molecule has 1 N–H and O–H groups in total. The van der Waals surface area contributed by atoms with Gasteiger partial charge in [-0.3, -0.25) is 4.79 Å². The standard InChI is InChI=1S/C21H16BrFN4O2/c22-14-11-25-27(13-14)18-8-4-3-7-17(18)26-20(28)9-10-21-24-12-19(29-21)15-5-1-2-6-16(15)23/h1-8,11-13H,9-10H2,(H,26,28). The second kappa shape index (κ2) is 8.40. The first-order valence-electron chi connectivity index (χ1n) is 8.89. The summed E-state index contributed by atoms with van der Waals surface area (Å²) >= 11 is 3.37. The first-order chi connectivity index (χ1) is 14.1. The highest BCUT2D eigenvalue weighted by atomic mass is 79.9. The lowest BCUT2D eigenvalue weighted by Gasteiger charge is -2.10. The van der Waals surface area contributed by atoms with Crippen LogP contribution in [-0.2, 0) is 11.2 Å². The number of anilines is 1. The number of rotatable bonds is 6. The molecule has 4 aromatic rings. The maximum atomic E-state index is 13.9. The van der Waals surface area contributed by atoms with Gasteiger partial charge in [0.2, 0.25) is 5.91 Å². The molecule has 0 radical (unpaired) electrons. The summed E-state index contributed by atoms with van der Waals surface area (Å²) in [4.78, 5) is 16.6. The van der Waals surface area contributed by atoms with Crippen LogP contribution in [-0.4, -0.2) is 20.7 Å². The van der Waals surface area contributed by atoms with Gasteiger partial charge in [-0.25, -0.2) is 14.1 Å². The maximum absolute atomic E-state index is 13.9. The van der Waals surface area contributed by atoms with E-state index in [-0.39, 0.29) is 18.1 Å². The predicted molar refractivity (Wildman–Crippen MR) is 110 cm³/mol. The number of oxazole rings is 1. The molecule has 2 aromatic heterocycles. The fourth-order valence-corrected chi connectivity index (χ4v) is 3.14. The van der Waals surface area contributed by atoms with Crippen molar-refractivity contribution in [1.82, 2.24) is 14.8 Å². The molecule has 0 aliphatic heterocycles. The van der Waals surface area contributed by atoms with E-state index in [0.717, 1.165) is 10.2 Å². The SMILES string of the molecule is O=C(CCc1ncc(-c2ccccc2F)o1)Nc1ccccc1-n1cc(Br)cn1. The second-order valence-electron chi connectivity index (χ2n) is 6.27. The Morgan fingerprint density at radius 1 is 1.14 bits per heavy atom. The van der Waals surface area contributed by atoms with Gasteiger partial charge in [0.05, 0.1) is 33.8 Å². The van der Waals surface area contributed by atoms with Crippen LogP contribution in [0.25, 0.3) is 17.0 Å². The van der Waals surface area contributed by atoms with E-state index in [1.165, 1.54) is 12.3 Å². The van der Waals surface area contributed by atoms with Crippen molar-refractivity contribution in [2.24, 2.45) is 0 Å². The van der Waals surface area contributed by atoms with E-state index >= 15 is 0 Å². The van der Waals surface area contributed by atoms with Gasteiger partial charge in [0, 0.05) is 19.0 Å². The van der Waals surface area contributed by atoms with Crippen LogP contribution in [0.4, 0.5) is 10.1 Å². The Bertz CT molecular complexity index is 1150. The van der Waals surface area contributed by atoms with Gasteiger partial charge in [0.25, 0.3) is 0 Å². The van der Waals surface area contributed by atoms with Crippen LogP contribution < -0.4 is 5.32 Å². The number of halogens is 2. The van der Waals surface area contributed by atoms with Crippen LogP contribution in [0.1, 0.15) is 12.3 Å². The molecule has 0 atom stereocenters. The van der Waals surface area contributed by atoms with Crippen molar-refractivity contribution in [3.05, 3.63) is 83.3 Å². The van der Waals surface area contributed by atoms with Crippen molar-refractivity contribution in [1.29, 1.82) is 0 Å². The number of nitrogens with one attached hydrogen (secondary N) is 1. The average Bonchev–Trinajstić information content (AvgIpc) is 3.36. The van der Waals surface area contributed by atoms with Gasteiger partial charge < -0.3 is 9.73 Å². The first kappa shape index (κ1) is 19.1. The smallest absolute Gasteiger partial charge is 0.224 e. The van der Waals surface area contributed by atoms with Crippen molar-refractivity contribution < 1.29 is 13.6 Å². The van der Waals surface area contributed by atoms with Gasteiger partial charge in [-0.15, -0.1) is 0 Å². The number of para-hydroxylation sites is 2. The zero-order valence-electron chi connectivity index (χ0n) is 15.2. The van der Waals surface area contributed by atoms with Crippen LogP contribution in [0.15, 0.2) is 76.0 Å². The minimum atomic E-state index is -0.380. The minimum absolute atomic E-state index is 0.175. The lowest BCUT2D eigenvalue weighted by Crippen LogP contribution is -2.14. The first-order valence-corrected chi connectivity index (χ1v) is 9.68. The molecule has 8 heteroatoms. The van der Waals surface area contributed by atoms with Crippen LogP contribution in [0.3, 0.4) is 0 Å². The highest BCUT2D eigenvalue weighted by Gasteiger charge is 2.13. The molecule has 0 unspecified atom stereocenters.